The lowest BCUT2D eigenvalue weighted by atomic mass is 9.77. The molecule has 1 N–H and O–H groups in total. The van der Waals surface area contributed by atoms with Crippen molar-refractivity contribution in [2.75, 3.05) is 6.61 Å². The number of aliphatic hydroxyl groups excluding tert-OH is 1. The highest BCUT2D eigenvalue weighted by Gasteiger charge is 2.72. The van der Waals surface area contributed by atoms with Crippen molar-refractivity contribution in [3.8, 4) is 0 Å². The van der Waals surface area contributed by atoms with Crippen molar-refractivity contribution in [1.29, 1.82) is 0 Å². The van der Waals surface area contributed by atoms with Crippen LogP contribution >= 0.6 is 0 Å². The van der Waals surface area contributed by atoms with E-state index < -0.39 is 47.2 Å². The summed E-state index contributed by atoms with van der Waals surface area (Å²) in [7, 11) is 0. The van der Waals surface area contributed by atoms with E-state index in [1.54, 1.807) is 37.3 Å². The molecule has 0 bridgehead atoms. The highest BCUT2D eigenvalue weighted by atomic mass is 16.6. The fourth-order valence-electron chi connectivity index (χ4n) is 7.68. The van der Waals surface area contributed by atoms with Crippen LogP contribution in [-0.2, 0) is 23.8 Å². The zero-order valence-corrected chi connectivity index (χ0v) is 25.2. The first-order chi connectivity index (χ1) is 20.5. The summed E-state index contributed by atoms with van der Waals surface area (Å²) in [5.41, 5.74) is -0.442. The zero-order chi connectivity index (χ0) is 30.6. The zero-order valence-electron chi connectivity index (χ0n) is 25.2. The van der Waals surface area contributed by atoms with E-state index in [-0.39, 0.29) is 30.1 Å². The predicted octanol–water partition coefficient (Wildman–Crippen LogP) is 5.57. The van der Waals surface area contributed by atoms with Gasteiger partial charge in [-0.05, 0) is 73.3 Å². The number of carbonyl (C=O) groups excluding carboxylic acids is 3. The molecule has 0 aromatic heterocycles. The molecule has 4 aliphatic rings. The van der Waals surface area contributed by atoms with Gasteiger partial charge >= 0.3 is 11.9 Å². The summed E-state index contributed by atoms with van der Waals surface area (Å²) in [6.45, 7) is 8.11. The number of fused-ring (bicyclic) bond motifs is 4. The van der Waals surface area contributed by atoms with Crippen LogP contribution in [0.5, 0.6) is 0 Å². The van der Waals surface area contributed by atoms with Gasteiger partial charge in [0.15, 0.2) is 5.60 Å². The highest BCUT2D eigenvalue weighted by Crippen LogP contribution is 2.64. The first-order valence-corrected chi connectivity index (χ1v) is 15.2. The number of hydrogen-bond acceptors (Lipinski definition) is 7. The van der Waals surface area contributed by atoms with E-state index in [4.69, 9.17) is 14.2 Å². The molecule has 2 aromatic carbocycles. The summed E-state index contributed by atoms with van der Waals surface area (Å²) in [5, 5.41) is 11.8. The van der Waals surface area contributed by atoms with E-state index in [1.165, 1.54) is 6.08 Å². The van der Waals surface area contributed by atoms with Gasteiger partial charge in [0, 0.05) is 18.4 Å². The molecular weight excluding hydrogens is 544 g/mol. The van der Waals surface area contributed by atoms with Crippen molar-refractivity contribution in [1.82, 2.24) is 0 Å². The number of rotatable bonds is 6. The Morgan fingerprint density at radius 1 is 1.05 bits per heavy atom. The molecule has 8 atom stereocenters. The second-order valence-electron chi connectivity index (χ2n) is 13.5. The largest absolute Gasteiger partial charge is 0.462 e. The molecule has 0 amide bonds. The molecule has 2 aromatic rings. The van der Waals surface area contributed by atoms with Crippen molar-refractivity contribution in [3.63, 3.8) is 0 Å². The van der Waals surface area contributed by atoms with Gasteiger partial charge in [-0.25, -0.2) is 9.59 Å². The fraction of sp³-hybridized carbons (Fsp3) is 0.472. The number of hydrogen-bond donors (Lipinski definition) is 1. The van der Waals surface area contributed by atoms with Crippen molar-refractivity contribution >= 4 is 23.8 Å². The maximum Gasteiger partial charge on any atom is 0.338 e. The van der Waals surface area contributed by atoms with Crippen LogP contribution in [-0.4, -0.2) is 52.8 Å². The number of Topliss-reactive ketones (excluding diaryl/α,β-unsaturated/α-hetero) is 1. The molecule has 6 rings (SSSR count). The Bertz CT molecular complexity index is 1460. The number of carbonyl (C=O) groups is 3. The maximum absolute atomic E-state index is 14.5. The number of benzene rings is 2. The monoisotopic (exact) mass is 584 g/mol. The Kier molecular flexibility index (Phi) is 7.46. The van der Waals surface area contributed by atoms with Crippen molar-refractivity contribution in [2.24, 2.45) is 29.1 Å². The van der Waals surface area contributed by atoms with Crippen LogP contribution in [0.1, 0.15) is 62.9 Å². The third kappa shape index (κ3) is 5.38. The number of esters is 2. The molecule has 7 heteroatoms. The summed E-state index contributed by atoms with van der Waals surface area (Å²) >= 11 is 0. The van der Waals surface area contributed by atoms with Crippen LogP contribution in [0.25, 0.3) is 6.08 Å². The average molecular weight is 585 g/mol. The molecule has 0 radical (unpaired) electrons. The highest BCUT2D eigenvalue weighted by molar-refractivity contribution is 6.04. The van der Waals surface area contributed by atoms with Crippen molar-refractivity contribution in [3.05, 3.63) is 89.5 Å². The van der Waals surface area contributed by atoms with Gasteiger partial charge in [-0.3, -0.25) is 4.79 Å². The molecule has 2 saturated carbocycles. The standard InChI is InChI=1S/C36H40O7/c1-22-19-27-26(34(27,2)3)17-18-35(4)32(43-35)29-30(38)25(21-41-33(40)24-13-9-6-10-14-24)20-36(29,31(22)39)42-28(37)16-15-23-11-7-5-8-12-23/h5-16,19,25-27,29-30,32,38H,17-18,20-21H2,1-4H3/b16-15+,22-19+/t25-,26?,27?,29?,30+,32-,35-,36-/m1/s1. The summed E-state index contributed by atoms with van der Waals surface area (Å²) in [5.74, 6) is -2.31. The van der Waals surface area contributed by atoms with Gasteiger partial charge in [0.05, 0.1) is 35.9 Å². The smallest absolute Gasteiger partial charge is 0.338 e. The molecular formula is C36H40O7. The lowest BCUT2D eigenvalue weighted by Gasteiger charge is -2.34. The first-order valence-electron chi connectivity index (χ1n) is 15.2. The molecule has 3 aliphatic carbocycles. The summed E-state index contributed by atoms with van der Waals surface area (Å²) < 4.78 is 18.2. The van der Waals surface area contributed by atoms with Crippen molar-refractivity contribution < 1.29 is 33.7 Å². The van der Waals surface area contributed by atoms with E-state index in [9.17, 15) is 19.5 Å². The van der Waals surface area contributed by atoms with E-state index in [1.807, 2.05) is 49.4 Å². The lowest BCUT2D eigenvalue weighted by Crippen LogP contribution is -2.52. The molecule has 0 spiro atoms. The van der Waals surface area contributed by atoms with Crippen LogP contribution < -0.4 is 0 Å². The second-order valence-corrected chi connectivity index (χ2v) is 13.5. The number of allylic oxidation sites excluding steroid dienone is 1. The Labute approximate surface area is 252 Å². The molecule has 1 aliphatic heterocycles. The number of ether oxygens (including phenoxy) is 3. The van der Waals surface area contributed by atoms with E-state index in [2.05, 4.69) is 13.8 Å². The molecule has 1 saturated heterocycles. The SMILES string of the molecule is C/C1=C\C2C(CC[C@@]3(C)O[C@@H]3C3[C@@H](O)[C@@H](COC(=O)c4ccccc4)C[C@]3(OC(=O)/C=C/c3ccccc3)C1=O)C2(C)C. The normalized spacial score (nSPS) is 37.1. The molecule has 43 heavy (non-hydrogen) atoms. The van der Waals surface area contributed by atoms with Gasteiger partial charge < -0.3 is 19.3 Å². The minimum Gasteiger partial charge on any atom is -0.462 e. The average Bonchev–Trinajstić information content (AvgIpc) is 3.77. The van der Waals surface area contributed by atoms with Crippen molar-refractivity contribution in [2.45, 2.75) is 70.4 Å². The third-order valence-electron chi connectivity index (χ3n) is 10.4. The molecule has 226 valence electrons. The number of aliphatic hydroxyl groups is 1. The van der Waals surface area contributed by atoms with Gasteiger partial charge in [-0.2, -0.15) is 0 Å². The molecule has 1 heterocycles. The Morgan fingerprint density at radius 3 is 2.42 bits per heavy atom. The molecule has 3 fully saturated rings. The molecule has 3 unspecified atom stereocenters. The first kappa shape index (κ1) is 29.5. The predicted molar refractivity (Wildman–Crippen MR) is 161 cm³/mol. The number of epoxide rings is 1. The van der Waals surface area contributed by atoms with Gasteiger partial charge in [-0.1, -0.05) is 68.5 Å². The Morgan fingerprint density at radius 2 is 1.72 bits per heavy atom. The van der Waals surface area contributed by atoms with Crippen LogP contribution in [0.15, 0.2) is 78.4 Å². The Hall–Kier alpha value is -3.55. The minimum absolute atomic E-state index is 0.0171. The summed E-state index contributed by atoms with van der Waals surface area (Å²) in [6, 6.07) is 18.0. The van der Waals surface area contributed by atoms with E-state index in [0.717, 1.165) is 18.4 Å². The maximum atomic E-state index is 14.5. The summed E-state index contributed by atoms with van der Waals surface area (Å²) in [6.07, 6.45) is 5.15. The van der Waals surface area contributed by atoms with E-state index >= 15 is 0 Å². The van der Waals surface area contributed by atoms with Gasteiger partial charge in [0.1, 0.15) is 0 Å². The third-order valence-corrected chi connectivity index (χ3v) is 10.4. The van der Waals surface area contributed by atoms with Crippen LogP contribution in [0, 0.1) is 29.1 Å². The fourth-order valence-corrected chi connectivity index (χ4v) is 7.68. The molecule has 7 nitrogen and oxygen atoms in total. The van der Waals surface area contributed by atoms with Crippen LogP contribution in [0.3, 0.4) is 0 Å². The Balaban J connectivity index is 1.35. The number of ketones is 1. The van der Waals surface area contributed by atoms with Gasteiger partial charge in [0.25, 0.3) is 0 Å². The lowest BCUT2D eigenvalue weighted by molar-refractivity contribution is -0.168. The van der Waals surface area contributed by atoms with Crippen LogP contribution in [0.4, 0.5) is 0 Å². The topological polar surface area (TPSA) is 102 Å². The quantitative estimate of drug-likeness (QED) is 0.269. The summed E-state index contributed by atoms with van der Waals surface area (Å²) in [4.78, 5) is 40.8. The van der Waals surface area contributed by atoms with Gasteiger partial charge in [0.2, 0.25) is 5.78 Å². The van der Waals surface area contributed by atoms with Crippen LogP contribution in [0.2, 0.25) is 0 Å². The minimum atomic E-state index is -1.68. The van der Waals surface area contributed by atoms with Gasteiger partial charge in [-0.15, -0.1) is 0 Å². The second kappa shape index (κ2) is 10.9. The van der Waals surface area contributed by atoms with E-state index in [0.29, 0.717) is 17.1 Å².